The van der Waals surface area contributed by atoms with Gasteiger partial charge in [0.15, 0.2) is 0 Å². The molecule has 184 valence electrons. The van der Waals surface area contributed by atoms with Gasteiger partial charge in [0.1, 0.15) is 25.4 Å². The Hall–Kier alpha value is -3.43. The lowest BCUT2D eigenvalue weighted by Gasteiger charge is -2.16. The largest absolute Gasteiger partial charge is 0.481 e. The van der Waals surface area contributed by atoms with Crippen LogP contribution in [0.15, 0.2) is 0 Å². The molecule has 0 radical (unpaired) electrons. The van der Waals surface area contributed by atoms with Crippen LogP contribution in [-0.4, -0.2) is 78.5 Å². The van der Waals surface area contributed by atoms with Crippen molar-refractivity contribution >= 4 is 18.0 Å². The number of carbonyl (C=O) groups excluding carboxylic acids is 2. The molecule has 0 fully saturated rings. The maximum absolute atomic E-state index is 12.1. The maximum Gasteiger partial charge on any atom is 0.407 e. The topological polar surface area (TPSA) is 216 Å². The highest BCUT2D eigenvalue weighted by Crippen LogP contribution is 2.09. The molecule has 0 aliphatic rings. The van der Waals surface area contributed by atoms with Gasteiger partial charge >= 0.3 is 18.0 Å². The number of amides is 1. The molecular weight excluding hydrogens is 442 g/mol. The molecule has 0 aliphatic heterocycles. The number of hydrogen-bond donors (Lipinski definition) is 2. The number of esters is 1. The van der Waals surface area contributed by atoms with Gasteiger partial charge < -0.3 is 34.3 Å². The van der Waals surface area contributed by atoms with Gasteiger partial charge in [0.05, 0.1) is 26.2 Å². The second-order valence-electron chi connectivity index (χ2n) is 6.12. The Bertz CT molecular complexity index is 616. The van der Waals surface area contributed by atoms with Crippen molar-refractivity contribution in [2.75, 3.05) is 33.0 Å². The second-order valence-corrected chi connectivity index (χ2v) is 6.12. The standard InChI is InChI=1S/C16H27N3O13/c1-2-12(32-19(26)27)5-3-4-6-29-15(22)13(11-14(20)21)17-16(23)30-9-7-28-8-10-31-18(24)25/h12-13H,2-11H2,1H3,(H,17,23)(H,20,21). The molecule has 0 saturated carbocycles. The highest BCUT2D eigenvalue weighted by Gasteiger charge is 2.26. The molecule has 0 heterocycles. The summed E-state index contributed by atoms with van der Waals surface area (Å²) in [6.07, 6.45) is -0.764. The Morgan fingerprint density at radius 2 is 1.66 bits per heavy atom. The molecule has 0 aromatic rings. The first-order valence-electron chi connectivity index (χ1n) is 9.63. The Balaban J connectivity index is 4.20. The molecule has 1 amide bonds. The summed E-state index contributed by atoms with van der Waals surface area (Å²) < 4.78 is 14.6. The number of alkyl carbamates (subject to hydrolysis) is 1. The number of rotatable bonds is 19. The molecule has 0 aromatic heterocycles. The van der Waals surface area contributed by atoms with E-state index in [0.29, 0.717) is 25.7 Å². The van der Waals surface area contributed by atoms with E-state index in [9.17, 15) is 34.6 Å². The molecule has 2 N–H and O–H groups in total. The number of nitrogens with one attached hydrogen (secondary N) is 1. The SMILES string of the molecule is CCC(CCCCOC(=O)C(CC(=O)O)NC(=O)OCCOCCO[N+](=O)[O-])O[N+](=O)[O-]. The number of hydrogen-bond acceptors (Lipinski definition) is 12. The van der Waals surface area contributed by atoms with Gasteiger partial charge in [-0.25, -0.2) is 9.59 Å². The molecule has 0 bridgehead atoms. The van der Waals surface area contributed by atoms with Crippen LogP contribution in [0.5, 0.6) is 0 Å². The zero-order valence-electron chi connectivity index (χ0n) is 17.5. The highest BCUT2D eigenvalue weighted by atomic mass is 17.0. The number of nitrogens with zero attached hydrogens (tertiary/aromatic N) is 2. The lowest BCUT2D eigenvalue weighted by Crippen LogP contribution is -2.43. The fourth-order valence-corrected chi connectivity index (χ4v) is 2.22. The normalized spacial score (nSPS) is 12.2. The van der Waals surface area contributed by atoms with Gasteiger partial charge in [0.2, 0.25) is 0 Å². The van der Waals surface area contributed by atoms with Crippen molar-refractivity contribution in [3.8, 4) is 0 Å². The summed E-state index contributed by atoms with van der Waals surface area (Å²) in [5, 5.41) is 29.4. The van der Waals surface area contributed by atoms with E-state index in [0.717, 1.165) is 0 Å². The molecule has 0 spiro atoms. The van der Waals surface area contributed by atoms with Gasteiger partial charge in [-0.2, -0.15) is 0 Å². The predicted octanol–water partition coefficient (Wildman–Crippen LogP) is 0.481. The average molecular weight is 469 g/mol. The monoisotopic (exact) mass is 469 g/mol. The van der Waals surface area contributed by atoms with Crippen molar-refractivity contribution in [2.45, 2.75) is 51.2 Å². The first-order valence-corrected chi connectivity index (χ1v) is 9.63. The van der Waals surface area contributed by atoms with Crippen LogP contribution < -0.4 is 5.32 Å². The first kappa shape index (κ1) is 28.6. The third-order valence-corrected chi connectivity index (χ3v) is 3.70. The van der Waals surface area contributed by atoms with Crippen molar-refractivity contribution in [3.63, 3.8) is 0 Å². The molecule has 2 atom stereocenters. The van der Waals surface area contributed by atoms with E-state index in [1.54, 1.807) is 6.92 Å². The molecule has 0 aromatic carbocycles. The van der Waals surface area contributed by atoms with Crippen LogP contribution in [0, 0.1) is 20.2 Å². The summed E-state index contributed by atoms with van der Waals surface area (Å²) in [6, 6.07) is -1.49. The van der Waals surface area contributed by atoms with Gasteiger partial charge in [-0.05, 0) is 25.7 Å². The van der Waals surface area contributed by atoms with Crippen LogP contribution in [0.1, 0.15) is 39.0 Å². The van der Waals surface area contributed by atoms with Crippen molar-refractivity contribution in [3.05, 3.63) is 20.2 Å². The minimum atomic E-state index is -1.49. The zero-order chi connectivity index (χ0) is 24.4. The van der Waals surface area contributed by atoms with Crippen LogP contribution in [0.3, 0.4) is 0 Å². The number of carbonyl (C=O) groups is 3. The van der Waals surface area contributed by atoms with Gasteiger partial charge in [0, 0.05) is 0 Å². The summed E-state index contributed by atoms with van der Waals surface area (Å²) in [6.45, 7) is 0.864. The van der Waals surface area contributed by atoms with Gasteiger partial charge in [-0.3, -0.25) is 4.79 Å². The van der Waals surface area contributed by atoms with Crippen LogP contribution in [-0.2, 0) is 33.5 Å². The lowest BCUT2D eigenvalue weighted by molar-refractivity contribution is -0.768. The third kappa shape index (κ3) is 16.4. The Morgan fingerprint density at radius 1 is 0.969 bits per heavy atom. The third-order valence-electron chi connectivity index (χ3n) is 3.70. The molecule has 16 nitrogen and oxygen atoms in total. The lowest BCUT2D eigenvalue weighted by atomic mass is 10.1. The zero-order valence-corrected chi connectivity index (χ0v) is 17.5. The van der Waals surface area contributed by atoms with E-state index >= 15 is 0 Å². The Kier molecular flexibility index (Phi) is 15.4. The molecular formula is C16H27N3O13. The van der Waals surface area contributed by atoms with Gasteiger partial charge in [-0.1, -0.05) is 6.92 Å². The number of carboxylic acid groups (broad SMARTS) is 1. The second kappa shape index (κ2) is 17.3. The maximum atomic E-state index is 12.1. The first-order chi connectivity index (χ1) is 15.1. The molecule has 16 heteroatoms. The molecule has 0 aliphatic carbocycles. The summed E-state index contributed by atoms with van der Waals surface area (Å²) in [5.74, 6) is -2.34. The van der Waals surface area contributed by atoms with Crippen molar-refractivity contribution in [2.24, 2.45) is 0 Å². The van der Waals surface area contributed by atoms with Crippen molar-refractivity contribution in [1.82, 2.24) is 5.32 Å². The number of unbranched alkanes of at least 4 members (excludes halogenated alkanes) is 1. The van der Waals surface area contributed by atoms with Crippen molar-refractivity contribution in [1.29, 1.82) is 0 Å². The number of aliphatic carboxylic acids is 1. The molecule has 2 unspecified atom stereocenters. The molecule has 32 heavy (non-hydrogen) atoms. The Morgan fingerprint density at radius 3 is 2.25 bits per heavy atom. The van der Waals surface area contributed by atoms with Crippen LogP contribution in [0.2, 0.25) is 0 Å². The van der Waals surface area contributed by atoms with E-state index < -0.39 is 46.8 Å². The number of carboxylic acids is 1. The minimum absolute atomic E-state index is 0.0827. The molecule has 0 rings (SSSR count). The average Bonchev–Trinajstić information content (AvgIpc) is 2.70. The van der Waals surface area contributed by atoms with E-state index in [-0.39, 0.29) is 33.0 Å². The summed E-state index contributed by atoms with van der Waals surface area (Å²) in [5.41, 5.74) is 0. The van der Waals surface area contributed by atoms with Gasteiger partial charge in [0.25, 0.3) is 10.2 Å². The minimum Gasteiger partial charge on any atom is -0.481 e. The smallest absolute Gasteiger partial charge is 0.407 e. The summed E-state index contributed by atoms with van der Waals surface area (Å²) in [4.78, 5) is 63.4. The summed E-state index contributed by atoms with van der Waals surface area (Å²) >= 11 is 0. The fraction of sp³-hybridized carbons (Fsp3) is 0.812. The summed E-state index contributed by atoms with van der Waals surface area (Å²) in [7, 11) is 0. The fourth-order valence-electron chi connectivity index (χ4n) is 2.22. The van der Waals surface area contributed by atoms with E-state index in [4.69, 9.17) is 19.3 Å². The van der Waals surface area contributed by atoms with E-state index in [1.807, 2.05) is 0 Å². The van der Waals surface area contributed by atoms with E-state index in [1.165, 1.54) is 0 Å². The van der Waals surface area contributed by atoms with E-state index in [2.05, 4.69) is 15.0 Å². The molecule has 0 saturated heterocycles. The van der Waals surface area contributed by atoms with Crippen LogP contribution in [0.25, 0.3) is 0 Å². The quantitative estimate of drug-likeness (QED) is 0.114. The highest BCUT2D eigenvalue weighted by molar-refractivity contribution is 5.85. The number of ether oxygens (including phenoxy) is 3. The Labute approximate surface area is 182 Å². The van der Waals surface area contributed by atoms with Crippen molar-refractivity contribution < 1.29 is 53.5 Å². The van der Waals surface area contributed by atoms with Crippen LogP contribution in [0.4, 0.5) is 4.79 Å². The van der Waals surface area contributed by atoms with Crippen LogP contribution >= 0.6 is 0 Å². The predicted molar refractivity (Wildman–Crippen MR) is 101 cm³/mol. The van der Waals surface area contributed by atoms with Gasteiger partial charge in [-0.15, -0.1) is 20.2 Å².